The highest BCUT2D eigenvalue weighted by Gasteiger charge is 2.25. The molecule has 1 amide bonds. The molecule has 2 N–H and O–H groups in total. The highest BCUT2D eigenvalue weighted by Crippen LogP contribution is 2.25. The van der Waals surface area contributed by atoms with Gasteiger partial charge in [0.1, 0.15) is 5.75 Å². The molecule has 3 unspecified atom stereocenters. The number of carbonyl (C=O) groups is 1. The third-order valence-corrected chi connectivity index (χ3v) is 6.13. The summed E-state index contributed by atoms with van der Waals surface area (Å²) in [5.41, 5.74) is 1.20. The average molecular weight is 462 g/mol. The van der Waals surface area contributed by atoms with Crippen LogP contribution in [0.25, 0.3) is 0 Å². The monoisotopic (exact) mass is 461 g/mol. The maximum Gasteiger partial charge on any atom is 0.220 e. The van der Waals surface area contributed by atoms with Crippen molar-refractivity contribution in [3.8, 4) is 5.75 Å². The maximum atomic E-state index is 12.6. The van der Waals surface area contributed by atoms with Crippen molar-refractivity contribution in [2.24, 2.45) is 11.8 Å². The third-order valence-electron chi connectivity index (χ3n) is 6.13. The number of methoxy groups -OCH3 is 1. The Labute approximate surface area is 193 Å². The van der Waals surface area contributed by atoms with Gasteiger partial charge in [-0.05, 0) is 55.5 Å². The number of nitrogens with one attached hydrogen (secondary N) is 2. The van der Waals surface area contributed by atoms with Crippen molar-refractivity contribution < 1.29 is 14.3 Å². The van der Waals surface area contributed by atoms with E-state index in [-0.39, 0.29) is 36.8 Å². The van der Waals surface area contributed by atoms with Gasteiger partial charge in [0.2, 0.25) is 5.91 Å². The van der Waals surface area contributed by atoms with Gasteiger partial charge in [-0.2, -0.15) is 0 Å². The highest BCUT2D eigenvalue weighted by molar-refractivity contribution is 5.85. The molecule has 0 saturated carbocycles. The Morgan fingerprint density at radius 3 is 2.57 bits per heavy atom. The fourth-order valence-electron chi connectivity index (χ4n) is 4.28. The van der Waals surface area contributed by atoms with Crippen LogP contribution >= 0.6 is 24.8 Å². The van der Waals surface area contributed by atoms with Crippen LogP contribution in [-0.2, 0) is 9.53 Å². The second-order valence-corrected chi connectivity index (χ2v) is 8.03. The Morgan fingerprint density at radius 1 is 1.27 bits per heavy atom. The first kappa shape index (κ1) is 27.0. The van der Waals surface area contributed by atoms with E-state index in [1.54, 1.807) is 7.11 Å². The Kier molecular flexibility index (Phi) is 12.7. The van der Waals surface area contributed by atoms with Gasteiger partial charge in [0.05, 0.1) is 26.4 Å². The van der Waals surface area contributed by atoms with Crippen LogP contribution in [0.1, 0.15) is 37.8 Å². The zero-order chi connectivity index (χ0) is 19.8. The predicted octanol–water partition coefficient (Wildman–Crippen LogP) is 3.05. The normalized spacial score (nSPS) is 21.5. The minimum absolute atomic E-state index is 0. The average Bonchev–Trinajstić information content (AvgIpc) is 2.75. The molecule has 8 heteroatoms. The number of carbonyl (C=O) groups excluding carboxylic acids is 1. The van der Waals surface area contributed by atoms with E-state index in [1.165, 1.54) is 18.4 Å². The SMILES string of the molecule is COc1ccc(C(CNC(=O)CC(C)C2CCCNC2)N2CCOCC2)cc1.Cl.Cl. The van der Waals surface area contributed by atoms with Gasteiger partial charge in [-0.15, -0.1) is 24.8 Å². The number of rotatable bonds is 8. The van der Waals surface area contributed by atoms with Crippen LogP contribution in [0.4, 0.5) is 0 Å². The number of hydrogen-bond acceptors (Lipinski definition) is 5. The quantitative estimate of drug-likeness (QED) is 0.622. The smallest absolute Gasteiger partial charge is 0.220 e. The first-order valence-corrected chi connectivity index (χ1v) is 10.6. The summed E-state index contributed by atoms with van der Waals surface area (Å²) < 4.78 is 10.8. The number of morpholine rings is 1. The summed E-state index contributed by atoms with van der Waals surface area (Å²) in [5.74, 6) is 2.03. The molecule has 0 aliphatic carbocycles. The summed E-state index contributed by atoms with van der Waals surface area (Å²) in [6, 6.07) is 8.33. The molecule has 172 valence electrons. The van der Waals surface area contributed by atoms with E-state index in [2.05, 4.69) is 34.6 Å². The molecular formula is C22H37Cl2N3O3. The lowest BCUT2D eigenvalue weighted by Gasteiger charge is -2.35. The first-order valence-electron chi connectivity index (χ1n) is 10.6. The Balaban J connectivity index is 0.00000225. The number of amides is 1. The van der Waals surface area contributed by atoms with Gasteiger partial charge < -0.3 is 20.1 Å². The van der Waals surface area contributed by atoms with Crippen LogP contribution in [-0.4, -0.2) is 63.9 Å². The predicted molar refractivity (Wildman–Crippen MR) is 125 cm³/mol. The van der Waals surface area contributed by atoms with Crippen LogP contribution < -0.4 is 15.4 Å². The number of benzene rings is 1. The summed E-state index contributed by atoms with van der Waals surface area (Å²) in [6.07, 6.45) is 3.04. The molecule has 3 rings (SSSR count). The fourth-order valence-corrected chi connectivity index (χ4v) is 4.28. The summed E-state index contributed by atoms with van der Waals surface area (Å²) in [6.45, 7) is 8.24. The molecule has 0 spiro atoms. The molecule has 1 aromatic carbocycles. The molecule has 2 fully saturated rings. The van der Waals surface area contributed by atoms with E-state index >= 15 is 0 Å². The van der Waals surface area contributed by atoms with Gasteiger partial charge in [-0.25, -0.2) is 0 Å². The highest BCUT2D eigenvalue weighted by atomic mass is 35.5. The van der Waals surface area contributed by atoms with Crippen LogP contribution in [0.2, 0.25) is 0 Å². The molecule has 2 saturated heterocycles. The molecule has 1 aromatic rings. The lowest BCUT2D eigenvalue weighted by molar-refractivity contribution is -0.122. The molecule has 0 radical (unpaired) electrons. The Hall–Kier alpha value is -1.05. The minimum atomic E-state index is 0. The third kappa shape index (κ3) is 7.89. The lowest BCUT2D eigenvalue weighted by Crippen LogP contribution is -2.44. The van der Waals surface area contributed by atoms with Crippen molar-refractivity contribution in [3.63, 3.8) is 0 Å². The van der Waals surface area contributed by atoms with E-state index in [0.717, 1.165) is 45.1 Å². The summed E-state index contributed by atoms with van der Waals surface area (Å²) >= 11 is 0. The van der Waals surface area contributed by atoms with Crippen molar-refractivity contribution in [1.29, 1.82) is 0 Å². The van der Waals surface area contributed by atoms with E-state index < -0.39 is 0 Å². The molecule has 2 aliphatic rings. The summed E-state index contributed by atoms with van der Waals surface area (Å²) in [4.78, 5) is 15.0. The van der Waals surface area contributed by atoms with Gasteiger partial charge in [0, 0.05) is 26.1 Å². The van der Waals surface area contributed by atoms with E-state index in [1.807, 2.05) is 12.1 Å². The molecule has 2 aliphatic heterocycles. The van der Waals surface area contributed by atoms with E-state index in [4.69, 9.17) is 9.47 Å². The van der Waals surface area contributed by atoms with Crippen molar-refractivity contribution >= 4 is 30.7 Å². The van der Waals surface area contributed by atoms with Crippen LogP contribution in [0, 0.1) is 11.8 Å². The van der Waals surface area contributed by atoms with Gasteiger partial charge in [-0.3, -0.25) is 9.69 Å². The van der Waals surface area contributed by atoms with Crippen molar-refractivity contribution in [2.45, 2.75) is 32.2 Å². The standard InChI is InChI=1S/C22H35N3O3.2ClH/c1-17(19-4-3-9-23-15-19)14-22(26)24-16-21(25-10-12-28-13-11-25)18-5-7-20(27-2)8-6-18;;/h5-8,17,19,21,23H,3-4,9-16H2,1-2H3,(H,24,26);2*1H. The second-order valence-electron chi connectivity index (χ2n) is 8.03. The number of halogens is 2. The van der Waals surface area contributed by atoms with Crippen LogP contribution in [0.3, 0.4) is 0 Å². The fraction of sp³-hybridized carbons (Fsp3) is 0.682. The molecule has 0 aromatic heterocycles. The van der Waals surface area contributed by atoms with Crippen molar-refractivity contribution in [1.82, 2.24) is 15.5 Å². The van der Waals surface area contributed by atoms with Crippen molar-refractivity contribution in [2.75, 3.05) is 53.0 Å². The first-order chi connectivity index (χ1) is 13.7. The minimum Gasteiger partial charge on any atom is -0.497 e. The van der Waals surface area contributed by atoms with Crippen LogP contribution in [0.15, 0.2) is 24.3 Å². The second kappa shape index (κ2) is 14.1. The molecular weight excluding hydrogens is 425 g/mol. The Morgan fingerprint density at radius 2 is 1.97 bits per heavy atom. The number of hydrogen-bond donors (Lipinski definition) is 2. The topological polar surface area (TPSA) is 62.8 Å². The van der Waals surface area contributed by atoms with Gasteiger partial charge >= 0.3 is 0 Å². The molecule has 30 heavy (non-hydrogen) atoms. The summed E-state index contributed by atoms with van der Waals surface area (Å²) in [5, 5.41) is 6.66. The molecule has 2 heterocycles. The molecule has 3 atom stereocenters. The van der Waals surface area contributed by atoms with Gasteiger partial charge in [-0.1, -0.05) is 19.1 Å². The van der Waals surface area contributed by atoms with Gasteiger partial charge in [0.25, 0.3) is 0 Å². The zero-order valence-corrected chi connectivity index (χ0v) is 19.7. The Bertz CT molecular complexity index is 606. The van der Waals surface area contributed by atoms with Gasteiger partial charge in [0.15, 0.2) is 0 Å². The largest absolute Gasteiger partial charge is 0.497 e. The van der Waals surface area contributed by atoms with Crippen LogP contribution in [0.5, 0.6) is 5.75 Å². The zero-order valence-electron chi connectivity index (χ0n) is 18.1. The van der Waals surface area contributed by atoms with Crippen molar-refractivity contribution in [3.05, 3.63) is 29.8 Å². The number of piperidine rings is 1. The summed E-state index contributed by atoms with van der Waals surface area (Å²) in [7, 11) is 1.68. The maximum absolute atomic E-state index is 12.6. The van der Waals surface area contributed by atoms with E-state index in [0.29, 0.717) is 24.8 Å². The molecule has 6 nitrogen and oxygen atoms in total. The lowest BCUT2D eigenvalue weighted by atomic mass is 9.85. The number of nitrogens with zero attached hydrogens (tertiary/aromatic N) is 1. The molecule has 0 bridgehead atoms. The van der Waals surface area contributed by atoms with E-state index in [9.17, 15) is 4.79 Å². The number of ether oxygens (including phenoxy) is 2.